The van der Waals surface area contributed by atoms with E-state index in [4.69, 9.17) is 11.5 Å². The first kappa shape index (κ1) is 12.3. The normalized spacial score (nSPS) is 10.1. The van der Waals surface area contributed by atoms with Gasteiger partial charge in [0.2, 0.25) is 0 Å². The van der Waals surface area contributed by atoms with Crippen molar-refractivity contribution in [1.82, 2.24) is 4.90 Å². The van der Waals surface area contributed by atoms with Gasteiger partial charge in [0.05, 0.1) is 13.1 Å². The number of rotatable bonds is 5. The van der Waals surface area contributed by atoms with Crippen molar-refractivity contribution in [1.29, 1.82) is 0 Å². The third kappa shape index (κ3) is 3.76. The van der Waals surface area contributed by atoms with Gasteiger partial charge in [0.1, 0.15) is 0 Å². The van der Waals surface area contributed by atoms with Crippen molar-refractivity contribution < 1.29 is 9.90 Å². The molecule has 0 unspecified atom stereocenters. The van der Waals surface area contributed by atoms with E-state index in [1.807, 2.05) is 31.2 Å². The third-order valence-electron chi connectivity index (χ3n) is 2.33. The van der Waals surface area contributed by atoms with Crippen LogP contribution in [0.15, 0.2) is 24.3 Å². The maximum absolute atomic E-state index is 10.6. The number of carboxylic acids is 1. The van der Waals surface area contributed by atoms with Gasteiger partial charge in [-0.05, 0) is 18.1 Å². The van der Waals surface area contributed by atoms with Gasteiger partial charge in [0.15, 0.2) is 0 Å². The minimum atomic E-state index is -0.858. The summed E-state index contributed by atoms with van der Waals surface area (Å²) in [5.41, 5.74) is 2.26. The van der Waals surface area contributed by atoms with Gasteiger partial charge in [-0.25, -0.2) is 0 Å². The maximum atomic E-state index is 10.6. The SMILES string of the molecule is C#CCN(CC(=O)O)Cc1ccccc1C. The first-order chi connectivity index (χ1) is 7.63. The second kappa shape index (κ2) is 5.94. The number of aliphatic carboxylic acids is 1. The fourth-order valence-corrected chi connectivity index (χ4v) is 1.52. The molecule has 16 heavy (non-hydrogen) atoms. The van der Waals surface area contributed by atoms with Crippen LogP contribution in [-0.2, 0) is 11.3 Å². The molecule has 0 spiro atoms. The fourth-order valence-electron chi connectivity index (χ4n) is 1.52. The molecule has 3 heteroatoms. The molecule has 1 N–H and O–H groups in total. The summed E-state index contributed by atoms with van der Waals surface area (Å²) in [7, 11) is 0. The molecule has 3 nitrogen and oxygen atoms in total. The van der Waals surface area contributed by atoms with Gasteiger partial charge in [-0.2, -0.15) is 0 Å². The van der Waals surface area contributed by atoms with Crippen LogP contribution in [-0.4, -0.2) is 29.1 Å². The molecule has 1 rings (SSSR count). The molecule has 0 radical (unpaired) electrons. The highest BCUT2D eigenvalue weighted by Crippen LogP contribution is 2.09. The summed E-state index contributed by atoms with van der Waals surface area (Å²) in [6.07, 6.45) is 5.21. The predicted octanol–water partition coefficient (Wildman–Crippen LogP) is 1.51. The van der Waals surface area contributed by atoms with Crippen molar-refractivity contribution in [3.63, 3.8) is 0 Å². The fraction of sp³-hybridized carbons (Fsp3) is 0.308. The molecular weight excluding hydrogens is 202 g/mol. The maximum Gasteiger partial charge on any atom is 0.317 e. The Kier molecular flexibility index (Phi) is 4.56. The van der Waals surface area contributed by atoms with E-state index in [2.05, 4.69) is 5.92 Å². The molecule has 1 aromatic rings. The summed E-state index contributed by atoms with van der Waals surface area (Å²) in [5.74, 6) is 1.62. The standard InChI is InChI=1S/C13H15NO2/c1-3-8-14(10-13(15)16)9-12-7-5-4-6-11(12)2/h1,4-7H,8-10H2,2H3,(H,15,16). The van der Waals surface area contributed by atoms with Crippen LogP contribution in [0.3, 0.4) is 0 Å². The van der Waals surface area contributed by atoms with E-state index >= 15 is 0 Å². The molecule has 0 aliphatic heterocycles. The third-order valence-corrected chi connectivity index (χ3v) is 2.33. The average molecular weight is 217 g/mol. The molecule has 0 amide bonds. The van der Waals surface area contributed by atoms with Crippen molar-refractivity contribution in [2.24, 2.45) is 0 Å². The Labute approximate surface area is 95.7 Å². The van der Waals surface area contributed by atoms with E-state index in [0.717, 1.165) is 11.1 Å². The minimum absolute atomic E-state index is 0.0292. The summed E-state index contributed by atoms with van der Waals surface area (Å²) in [5, 5.41) is 8.75. The van der Waals surface area contributed by atoms with E-state index in [1.54, 1.807) is 4.90 Å². The molecule has 0 aliphatic carbocycles. The van der Waals surface area contributed by atoms with Crippen LogP contribution in [0.4, 0.5) is 0 Å². The molecule has 0 saturated heterocycles. The van der Waals surface area contributed by atoms with Crippen LogP contribution in [0.1, 0.15) is 11.1 Å². The molecular formula is C13H15NO2. The van der Waals surface area contributed by atoms with E-state index in [0.29, 0.717) is 13.1 Å². The molecule has 0 heterocycles. The Hall–Kier alpha value is -1.79. The Bertz CT molecular complexity index is 407. The highest BCUT2D eigenvalue weighted by Gasteiger charge is 2.09. The Morgan fingerprint density at radius 1 is 1.50 bits per heavy atom. The first-order valence-electron chi connectivity index (χ1n) is 5.05. The van der Waals surface area contributed by atoms with Gasteiger partial charge in [0.25, 0.3) is 0 Å². The zero-order valence-electron chi connectivity index (χ0n) is 9.31. The highest BCUT2D eigenvalue weighted by molar-refractivity contribution is 5.69. The van der Waals surface area contributed by atoms with E-state index in [1.165, 1.54) is 0 Å². The summed E-state index contributed by atoms with van der Waals surface area (Å²) >= 11 is 0. The molecule has 0 saturated carbocycles. The zero-order chi connectivity index (χ0) is 12.0. The smallest absolute Gasteiger partial charge is 0.317 e. The van der Waals surface area contributed by atoms with Gasteiger partial charge >= 0.3 is 5.97 Å². The van der Waals surface area contributed by atoms with Crippen LogP contribution >= 0.6 is 0 Å². The molecule has 0 bridgehead atoms. The number of benzene rings is 1. The lowest BCUT2D eigenvalue weighted by atomic mass is 10.1. The highest BCUT2D eigenvalue weighted by atomic mass is 16.4. The second-order valence-electron chi connectivity index (χ2n) is 3.67. The number of carbonyl (C=O) groups is 1. The van der Waals surface area contributed by atoms with Crippen LogP contribution in [0.2, 0.25) is 0 Å². The predicted molar refractivity (Wildman–Crippen MR) is 62.9 cm³/mol. The Morgan fingerprint density at radius 2 is 2.19 bits per heavy atom. The lowest BCUT2D eigenvalue weighted by molar-refractivity contribution is -0.138. The van der Waals surface area contributed by atoms with Crippen LogP contribution < -0.4 is 0 Å². The van der Waals surface area contributed by atoms with Crippen molar-refractivity contribution in [2.75, 3.05) is 13.1 Å². The summed E-state index contributed by atoms with van der Waals surface area (Å²) < 4.78 is 0. The molecule has 0 aromatic heterocycles. The van der Waals surface area contributed by atoms with Crippen LogP contribution in [0, 0.1) is 19.3 Å². The number of hydrogen-bond acceptors (Lipinski definition) is 2. The summed E-state index contributed by atoms with van der Waals surface area (Å²) in [6, 6.07) is 7.89. The molecule has 1 aromatic carbocycles. The lowest BCUT2D eigenvalue weighted by Crippen LogP contribution is -2.29. The molecule has 84 valence electrons. The summed E-state index contributed by atoms with van der Waals surface area (Å²) in [6.45, 7) is 2.90. The quantitative estimate of drug-likeness (QED) is 0.760. The van der Waals surface area contributed by atoms with Crippen molar-refractivity contribution in [3.8, 4) is 12.3 Å². The number of nitrogens with zero attached hydrogens (tertiary/aromatic N) is 1. The number of hydrogen-bond donors (Lipinski definition) is 1. The van der Waals surface area contributed by atoms with Crippen molar-refractivity contribution >= 4 is 5.97 Å². The van der Waals surface area contributed by atoms with Gasteiger partial charge in [-0.1, -0.05) is 30.2 Å². The van der Waals surface area contributed by atoms with Crippen molar-refractivity contribution in [2.45, 2.75) is 13.5 Å². The number of carboxylic acid groups (broad SMARTS) is 1. The summed E-state index contributed by atoms with van der Waals surface area (Å²) in [4.78, 5) is 12.4. The molecule has 0 atom stereocenters. The Morgan fingerprint density at radius 3 is 2.75 bits per heavy atom. The van der Waals surface area contributed by atoms with E-state index in [9.17, 15) is 4.79 Å². The lowest BCUT2D eigenvalue weighted by Gasteiger charge is -2.18. The second-order valence-corrected chi connectivity index (χ2v) is 3.67. The number of aryl methyl sites for hydroxylation is 1. The molecule has 0 fully saturated rings. The van der Waals surface area contributed by atoms with Gasteiger partial charge < -0.3 is 5.11 Å². The van der Waals surface area contributed by atoms with Crippen molar-refractivity contribution in [3.05, 3.63) is 35.4 Å². The van der Waals surface area contributed by atoms with Gasteiger partial charge in [0, 0.05) is 6.54 Å². The zero-order valence-corrected chi connectivity index (χ0v) is 9.31. The monoisotopic (exact) mass is 217 g/mol. The minimum Gasteiger partial charge on any atom is -0.480 e. The molecule has 0 aliphatic rings. The van der Waals surface area contributed by atoms with Gasteiger partial charge in [-0.3, -0.25) is 9.69 Å². The topological polar surface area (TPSA) is 40.5 Å². The first-order valence-corrected chi connectivity index (χ1v) is 5.05. The average Bonchev–Trinajstić information content (AvgIpc) is 2.21. The van der Waals surface area contributed by atoms with Crippen LogP contribution in [0.5, 0.6) is 0 Å². The van der Waals surface area contributed by atoms with Crippen LogP contribution in [0.25, 0.3) is 0 Å². The van der Waals surface area contributed by atoms with E-state index < -0.39 is 5.97 Å². The van der Waals surface area contributed by atoms with E-state index in [-0.39, 0.29) is 6.54 Å². The number of terminal acetylenes is 1. The largest absolute Gasteiger partial charge is 0.480 e. The van der Waals surface area contributed by atoms with Gasteiger partial charge in [-0.15, -0.1) is 6.42 Å². The Balaban J connectivity index is 2.72.